The molecule has 0 aliphatic rings. The fraction of sp³-hybridized carbons (Fsp3) is 0.200. The maximum Gasteiger partial charge on any atom is 0.177 e. The van der Waals surface area contributed by atoms with Crippen LogP contribution in [-0.4, -0.2) is 21.7 Å². The van der Waals surface area contributed by atoms with Gasteiger partial charge in [-0.15, -0.1) is 0 Å². The number of para-hydroxylation sites is 2. The van der Waals surface area contributed by atoms with E-state index in [0.29, 0.717) is 22.8 Å². The summed E-state index contributed by atoms with van der Waals surface area (Å²) in [6.07, 6.45) is 1.22. The van der Waals surface area contributed by atoms with Crippen molar-refractivity contribution in [2.75, 3.05) is 23.9 Å². The van der Waals surface area contributed by atoms with Crippen LogP contribution in [0.5, 0.6) is 0 Å². The number of sulfone groups is 1. The molecule has 0 heterocycles. The number of nitrogens with zero attached hydrogens (tertiary/aromatic N) is 1. The van der Waals surface area contributed by atoms with Crippen molar-refractivity contribution < 1.29 is 8.42 Å². The largest absolute Gasteiger partial charge is 0.398 e. The molecule has 0 atom stereocenters. The maximum atomic E-state index is 11.8. The Bertz CT molecular complexity index is 711. The third kappa shape index (κ3) is 3.11. The molecule has 0 unspecified atom stereocenters. The van der Waals surface area contributed by atoms with E-state index >= 15 is 0 Å². The number of benzene rings is 2. The summed E-state index contributed by atoms with van der Waals surface area (Å²) < 4.78 is 23.7. The van der Waals surface area contributed by atoms with Crippen LogP contribution in [0.25, 0.3) is 0 Å². The van der Waals surface area contributed by atoms with Gasteiger partial charge in [0.2, 0.25) is 0 Å². The molecule has 0 aliphatic heterocycles. The highest BCUT2D eigenvalue weighted by molar-refractivity contribution is 7.90. The summed E-state index contributed by atoms with van der Waals surface area (Å²) >= 11 is 0. The van der Waals surface area contributed by atoms with Crippen molar-refractivity contribution >= 4 is 21.2 Å². The average Bonchev–Trinajstić information content (AvgIpc) is 2.40. The molecule has 2 rings (SSSR count). The Morgan fingerprint density at radius 1 is 1.05 bits per heavy atom. The van der Waals surface area contributed by atoms with Crippen LogP contribution in [0.15, 0.2) is 53.4 Å². The highest BCUT2D eigenvalue weighted by atomic mass is 32.2. The van der Waals surface area contributed by atoms with Gasteiger partial charge in [0.05, 0.1) is 10.6 Å². The summed E-state index contributed by atoms with van der Waals surface area (Å²) in [6.45, 7) is 0.555. The minimum Gasteiger partial charge on any atom is -0.398 e. The fourth-order valence-corrected chi connectivity index (χ4v) is 3.03. The first kappa shape index (κ1) is 14.4. The van der Waals surface area contributed by atoms with Crippen LogP contribution in [0.4, 0.5) is 11.4 Å². The summed E-state index contributed by atoms with van der Waals surface area (Å²) in [5.41, 5.74) is 8.28. The fourth-order valence-electron chi connectivity index (χ4n) is 2.10. The number of nitrogen functional groups attached to an aromatic ring is 1. The molecule has 0 saturated heterocycles. The predicted octanol–water partition coefficient (Wildman–Crippen LogP) is 2.31. The SMILES string of the molecule is CN(Cc1ccccc1N)c1ccccc1S(C)(=O)=O. The van der Waals surface area contributed by atoms with Crippen LogP contribution < -0.4 is 10.6 Å². The van der Waals surface area contributed by atoms with Gasteiger partial charge in [-0.1, -0.05) is 30.3 Å². The molecule has 0 fully saturated rings. The topological polar surface area (TPSA) is 63.4 Å². The molecule has 0 saturated carbocycles. The Hall–Kier alpha value is -2.01. The molecule has 0 radical (unpaired) electrons. The van der Waals surface area contributed by atoms with Crippen molar-refractivity contribution in [1.82, 2.24) is 0 Å². The van der Waals surface area contributed by atoms with E-state index in [4.69, 9.17) is 5.73 Å². The van der Waals surface area contributed by atoms with Gasteiger partial charge in [-0.2, -0.15) is 0 Å². The third-order valence-electron chi connectivity index (χ3n) is 3.14. The van der Waals surface area contributed by atoms with E-state index in [-0.39, 0.29) is 0 Å². The summed E-state index contributed by atoms with van der Waals surface area (Å²) in [6, 6.07) is 14.6. The molecule has 4 nitrogen and oxygen atoms in total. The van der Waals surface area contributed by atoms with Gasteiger partial charge < -0.3 is 10.6 Å². The zero-order valence-corrected chi connectivity index (χ0v) is 12.4. The van der Waals surface area contributed by atoms with Gasteiger partial charge in [0.25, 0.3) is 0 Å². The molecule has 20 heavy (non-hydrogen) atoms. The van der Waals surface area contributed by atoms with Gasteiger partial charge in [-0.05, 0) is 23.8 Å². The molecule has 5 heteroatoms. The maximum absolute atomic E-state index is 11.8. The van der Waals surface area contributed by atoms with E-state index in [2.05, 4.69) is 0 Å². The first-order valence-corrected chi connectivity index (χ1v) is 8.12. The lowest BCUT2D eigenvalue weighted by Crippen LogP contribution is -2.19. The molecule has 2 N–H and O–H groups in total. The lowest BCUT2D eigenvalue weighted by molar-refractivity contribution is 0.601. The third-order valence-corrected chi connectivity index (χ3v) is 4.28. The lowest BCUT2D eigenvalue weighted by atomic mass is 10.1. The monoisotopic (exact) mass is 290 g/mol. The molecule has 0 aliphatic carbocycles. The van der Waals surface area contributed by atoms with Crippen molar-refractivity contribution in [3.63, 3.8) is 0 Å². The minimum absolute atomic E-state index is 0.331. The van der Waals surface area contributed by atoms with Gasteiger partial charge in [-0.3, -0.25) is 0 Å². The second-order valence-electron chi connectivity index (χ2n) is 4.79. The van der Waals surface area contributed by atoms with Crippen LogP contribution in [0.2, 0.25) is 0 Å². The molecule has 2 aromatic carbocycles. The van der Waals surface area contributed by atoms with E-state index in [0.717, 1.165) is 5.56 Å². The summed E-state index contributed by atoms with van der Waals surface area (Å²) in [7, 11) is -1.40. The Labute approximate surface area is 119 Å². The first-order chi connectivity index (χ1) is 9.39. The molecule has 0 spiro atoms. The van der Waals surface area contributed by atoms with Gasteiger partial charge in [-0.25, -0.2) is 8.42 Å². The summed E-state index contributed by atoms with van der Waals surface area (Å²) in [5, 5.41) is 0. The van der Waals surface area contributed by atoms with E-state index in [1.54, 1.807) is 18.2 Å². The number of anilines is 2. The highest BCUT2D eigenvalue weighted by Gasteiger charge is 2.15. The van der Waals surface area contributed by atoms with Crippen molar-refractivity contribution in [2.24, 2.45) is 0 Å². The van der Waals surface area contributed by atoms with Gasteiger partial charge >= 0.3 is 0 Å². The van der Waals surface area contributed by atoms with Gasteiger partial charge in [0, 0.05) is 25.5 Å². The molecule has 0 amide bonds. The molecule has 106 valence electrons. The van der Waals surface area contributed by atoms with Crippen molar-refractivity contribution in [2.45, 2.75) is 11.4 Å². The van der Waals surface area contributed by atoms with E-state index in [1.807, 2.05) is 42.3 Å². The Kier molecular flexibility index (Phi) is 3.99. The normalized spacial score (nSPS) is 11.3. The lowest BCUT2D eigenvalue weighted by Gasteiger charge is -2.22. The second-order valence-corrected chi connectivity index (χ2v) is 6.78. The van der Waals surface area contributed by atoms with Crippen LogP contribution in [0.3, 0.4) is 0 Å². The van der Waals surface area contributed by atoms with Gasteiger partial charge in [0.15, 0.2) is 9.84 Å². The average molecular weight is 290 g/mol. The number of rotatable bonds is 4. The summed E-state index contributed by atoms with van der Waals surface area (Å²) in [5.74, 6) is 0. The molecule has 0 aromatic heterocycles. The smallest absolute Gasteiger partial charge is 0.177 e. The van der Waals surface area contributed by atoms with Crippen LogP contribution in [0.1, 0.15) is 5.56 Å². The van der Waals surface area contributed by atoms with Crippen LogP contribution in [-0.2, 0) is 16.4 Å². The molecule has 2 aromatic rings. The van der Waals surface area contributed by atoms with Crippen LogP contribution >= 0.6 is 0 Å². The second kappa shape index (κ2) is 5.54. The van der Waals surface area contributed by atoms with Gasteiger partial charge in [0.1, 0.15) is 0 Å². The van der Waals surface area contributed by atoms with Crippen molar-refractivity contribution in [3.8, 4) is 0 Å². The highest BCUT2D eigenvalue weighted by Crippen LogP contribution is 2.26. The molecular formula is C15H18N2O2S. The Morgan fingerprint density at radius 2 is 1.65 bits per heavy atom. The zero-order chi connectivity index (χ0) is 14.8. The standard InChI is InChI=1S/C15H18N2O2S/c1-17(11-12-7-3-4-8-13(12)16)14-9-5-6-10-15(14)20(2,18)19/h3-10H,11,16H2,1-2H3. The summed E-state index contributed by atoms with van der Waals surface area (Å²) in [4.78, 5) is 2.22. The number of nitrogens with two attached hydrogens (primary N) is 1. The minimum atomic E-state index is -3.25. The van der Waals surface area contributed by atoms with Crippen molar-refractivity contribution in [3.05, 3.63) is 54.1 Å². The number of hydrogen-bond acceptors (Lipinski definition) is 4. The Morgan fingerprint density at radius 3 is 2.30 bits per heavy atom. The molecular weight excluding hydrogens is 272 g/mol. The number of hydrogen-bond donors (Lipinski definition) is 1. The molecule has 0 bridgehead atoms. The van der Waals surface area contributed by atoms with E-state index in [1.165, 1.54) is 6.26 Å². The van der Waals surface area contributed by atoms with Crippen LogP contribution in [0, 0.1) is 0 Å². The first-order valence-electron chi connectivity index (χ1n) is 6.23. The predicted molar refractivity (Wildman–Crippen MR) is 82.5 cm³/mol. The van der Waals surface area contributed by atoms with E-state index in [9.17, 15) is 8.42 Å². The quantitative estimate of drug-likeness (QED) is 0.878. The Balaban J connectivity index is 2.36. The zero-order valence-electron chi connectivity index (χ0n) is 11.6. The van der Waals surface area contributed by atoms with E-state index < -0.39 is 9.84 Å². The van der Waals surface area contributed by atoms with Crippen molar-refractivity contribution in [1.29, 1.82) is 0 Å².